The van der Waals surface area contributed by atoms with Gasteiger partial charge in [0.2, 0.25) is 0 Å². The summed E-state index contributed by atoms with van der Waals surface area (Å²) in [7, 11) is 0. The third-order valence-electron chi connectivity index (χ3n) is 3.61. The molecule has 0 atom stereocenters. The van der Waals surface area contributed by atoms with E-state index in [2.05, 4.69) is 24.3 Å². The number of carbonyl (C=O) groups is 2. The Labute approximate surface area is 112 Å². The lowest BCUT2D eigenvalue weighted by Gasteiger charge is -2.20. The van der Waals surface area contributed by atoms with Crippen LogP contribution >= 0.6 is 0 Å². The molecule has 1 heterocycles. The molecule has 0 saturated carbocycles. The Morgan fingerprint density at radius 2 is 1.68 bits per heavy atom. The van der Waals surface area contributed by atoms with E-state index in [4.69, 9.17) is 0 Å². The van der Waals surface area contributed by atoms with Crippen LogP contribution in [-0.4, -0.2) is 23.3 Å². The fourth-order valence-electron chi connectivity index (χ4n) is 2.55. The minimum Gasteiger partial charge on any atom is -0.275 e. The molecule has 0 N–H and O–H groups in total. The molecule has 1 aliphatic heterocycles. The summed E-state index contributed by atoms with van der Waals surface area (Å²) in [5.41, 5.74) is 4.04. The van der Waals surface area contributed by atoms with Crippen molar-refractivity contribution in [2.75, 3.05) is 6.54 Å². The maximum Gasteiger partial charge on any atom is 0.253 e. The second-order valence-electron chi connectivity index (χ2n) is 4.88. The lowest BCUT2D eigenvalue weighted by molar-refractivity contribution is -0.136. The van der Waals surface area contributed by atoms with E-state index in [0.29, 0.717) is 6.54 Å². The summed E-state index contributed by atoms with van der Waals surface area (Å²) in [6.07, 6.45) is 7.76. The van der Waals surface area contributed by atoms with E-state index in [1.54, 1.807) is 0 Å². The van der Waals surface area contributed by atoms with Crippen LogP contribution in [0.25, 0.3) is 11.6 Å². The van der Waals surface area contributed by atoms with Crippen LogP contribution in [0.2, 0.25) is 0 Å². The van der Waals surface area contributed by atoms with E-state index in [9.17, 15) is 9.59 Å². The standard InChI is InChI=1S/C16H15NO2/c18-15-8-9-16(19)17(15)10-4-3-6-13-11-12-5-1-2-7-14(12)13/h1-2,5,7-9,11H,3-4,6,10H2. The van der Waals surface area contributed by atoms with E-state index >= 15 is 0 Å². The summed E-state index contributed by atoms with van der Waals surface area (Å²) in [5, 5.41) is 0. The Balaban J connectivity index is 1.44. The van der Waals surface area contributed by atoms with Gasteiger partial charge in [0.1, 0.15) is 0 Å². The summed E-state index contributed by atoms with van der Waals surface area (Å²) >= 11 is 0. The number of rotatable bonds is 5. The van der Waals surface area contributed by atoms with Crippen molar-refractivity contribution < 1.29 is 9.59 Å². The highest BCUT2D eigenvalue weighted by atomic mass is 16.2. The van der Waals surface area contributed by atoms with Gasteiger partial charge in [0.05, 0.1) is 0 Å². The molecule has 0 fully saturated rings. The minimum absolute atomic E-state index is 0.182. The minimum atomic E-state index is -0.182. The number of allylic oxidation sites excluding steroid dienone is 1. The first-order valence-corrected chi connectivity index (χ1v) is 6.59. The van der Waals surface area contributed by atoms with Gasteiger partial charge in [-0.15, -0.1) is 0 Å². The maximum absolute atomic E-state index is 11.4. The predicted octanol–water partition coefficient (Wildman–Crippen LogP) is 2.64. The third kappa shape index (κ3) is 2.24. The lowest BCUT2D eigenvalue weighted by Crippen LogP contribution is -2.30. The number of hydrogen-bond donors (Lipinski definition) is 0. The van der Waals surface area contributed by atoms with Crippen LogP contribution in [0.15, 0.2) is 36.4 Å². The van der Waals surface area contributed by atoms with Crippen LogP contribution in [0.3, 0.4) is 0 Å². The molecule has 3 heteroatoms. The molecule has 0 aromatic heterocycles. The van der Waals surface area contributed by atoms with Gasteiger partial charge in [-0.2, -0.15) is 0 Å². The maximum atomic E-state index is 11.4. The molecule has 1 aromatic carbocycles. The Hall–Kier alpha value is -2.16. The summed E-state index contributed by atoms with van der Waals surface area (Å²) < 4.78 is 0. The highest BCUT2D eigenvalue weighted by Gasteiger charge is 2.22. The molecular weight excluding hydrogens is 238 g/mol. The Kier molecular flexibility index (Phi) is 3.03. The van der Waals surface area contributed by atoms with Crippen molar-refractivity contribution in [2.45, 2.75) is 19.3 Å². The normalized spacial score (nSPS) is 16.4. The Morgan fingerprint density at radius 3 is 2.42 bits per heavy atom. The number of amides is 2. The quantitative estimate of drug-likeness (QED) is 0.597. The highest BCUT2D eigenvalue weighted by molar-refractivity contribution is 6.12. The predicted molar refractivity (Wildman–Crippen MR) is 74.0 cm³/mol. The molecule has 96 valence electrons. The van der Waals surface area contributed by atoms with Gasteiger partial charge in [-0.25, -0.2) is 0 Å². The van der Waals surface area contributed by atoms with Gasteiger partial charge in [-0.3, -0.25) is 14.5 Å². The number of carbonyl (C=O) groups excluding carboxylic acids is 2. The average molecular weight is 253 g/mol. The van der Waals surface area contributed by atoms with Crippen molar-refractivity contribution in [3.63, 3.8) is 0 Å². The first kappa shape index (κ1) is 11.9. The van der Waals surface area contributed by atoms with Gasteiger partial charge in [0, 0.05) is 18.7 Å². The monoisotopic (exact) mass is 253 g/mol. The molecule has 0 bridgehead atoms. The summed E-state index contributed by atoms with van der Waals surface area (Å²) in [4.78, 5) is 24.0. The van der Waals surface area contributed by atoms with Crippen molar-refractivity contribution in [3.8, 4) is 0 Å². The van der Waals surface area contributed by atoms with Crippen LogP contribution in [0, 0.1) is 0 Å². The van der Waals surface area contributed by atoms with E-state index in [1.807, 2.05) is 6.07 Å². The largest absolute Gasteiger partial charge is 0.275 e. The third-order valence-corrected chi connectivity index (χ3v) is 3.61. The zero-order valence-corrected chi connectivity index (χ0v) is 10.6. The van der Waals surface area contributed by atoms with Gasteiger partial charge in [-0.05, 0) is 36.0 Å². The van der Waals surface area contributed by atoms with Crippen molar-refractivity contribution in [3.05, 3.63) is 47.5 Å². The lowest BCUT2D eigenvalue weighted by atomic mass is 9.86. The number of imide groups is 1. The number of benzene rings is 1. The molecule has 2 aliphatic rings. The molecule has 3 nitrogen and oxygen atoms in total. The zero-order valence-electron chi connectivity index (χ0n) is 10.6. The van der Waals surface area contributed by atoms with E-state index in [0.717, 1.165) is 19.3 Å². The number of fused-ring (bicyclic) bond motifs is 1. The van der Waals surface area contributed by atoms with Gasteiger partial charge >= 0.3 is 0 Å². The van der Waals surface area contributed by atoms with E-state index < -0.39 is 0 Å². The molecule has 3 rings (SSSR count). The molecule has 0 radical (unpaired) electrons. The fourth-order valence-corrected chi connectivity index (χ4v) is 2.55. The first-order valence-electron chi connectivity index (χ1n) is 6.59. The molecule has 19 heavy (non-hydrogen) atoms. The van der Waals surface area contributed by atoms with Crippen molar-refractivity contribution >= 4 is 23.5 Å². The average Bonchev–Trinajstić information content (AvgIpc) is 2.70. The Morgan fingerprint density at radius 1 is 0.947 bits per heavy atom. The number of nitrogens with zero attached hydrogens (tertiary/aromatic N) is 1. The van der Waals surface area contributed by atoms with Crippen LogP contribution in [0.1, 0.15) is 30.4 Å². The molecule has 0 saturated heterocycles. The first-order chi connectivity index (χ1) is 9.25. The Bertz CT molecular complexity index is 581. The van der Waals surface area contributed by atoms with Crippen molar-refractivity contribution in [1.82, 2.24) is 4.90 Å². The van der Waals surface area contributed by atoms with E-state index in [-0.39, 0.29) is 11.8 Å². The molecule has 1 aliphatic carbocycles. The van der Waals surface area contributed by atoms with Crippen LogP contribution in [0.4, 0.5) is 0 Å². The van der Waals surface area contributed by atoms with Gasteiger partial charge in [0.25, 0.3) is 11.8 Å². The van der Waals surface area contributed by atoms with Gasteiger partial charge in [-0.1, -0.05) is 30.3 Å². The van der Waals surface area contributed by atoms with Crippen LogP contribution in [0.5, 0.6) is 0 Å². The van der Waals surface area contributed by atoms with E-state index in [1.165, 1.54) is 33.8 Å². The second-order valence-corrected chi connectivity index (χ2v) is 4.88. The number of unbranched alkanes of at least 4 members (excludes halogenated alkanes) is 1. The zero-order chi connectivity index (χ0) is 13.2. The summed E-state index contributed by atoms with van der Waals surface area (Å²) in [5.74, 6) is -0.364. The topological polar surface area (TPSA) is 37.4 Å². The fraction of sp³-hybridized carbons (Fsp3) is 0.250. The van der Waals surface area contributed by atoms with Crippen molar-refractivity contribution in [2.24, 2.45) is 0 Å². The molecular formula is C16H15NO2. The smallest absolute Gasteiger partial charge is 0.253 e. The molecule has 0 spiro atoms. The van der Waals surface area contributed by atoms with Gasteiger partial charge < -0.3 is 0 Å². The van der Waals surface area contributed by atoms with Crippen LogP contribution < -0.4 is 0 Å². The van der Waals surface area contributed by atoms with Gasteiger partial charge in [0.15, 0.2) is 0 Å². The van der Waals surface area contributed by atoms with Crippen molar-refractivity contribution in [1.29, 1.82) is 0 Å². The molecule has 1 aromatic rings. The van der Waals surface area contributed by atoms with Crippen LogP contribution in [-0.2, 0) is 9.59 Å². The highest BCUT2D eigenvalue weighted by Crippen LogP contribution is 2.35. The number of hydrogen-bond acceptors (Lipinski definition) is 2. The molecule has 0 unspecified atom stereocenters. The molecule has 2 amide bonds. The summed E-state index contributed by atoms with van der Waals surface area (Å²) in [6, 6.07) is 8.36. The second kappa shape index (κ2) is 4.84. The SMILES string of the molecule is O=C1C=CC(=O)N1CCCCC1=Cc2ccccc21. The summed E-state index contributed by atoms with van der Waals surface area (Å²) in [6.45, 7) is 0.527.